The van der Waals surface area contributed by atoms with Crippen LogP contribution in [0.4, 0.5) is 0 Å². The van der Waals surface area contributed by atoms with Crippen molar-refractivity contribution in [1.29, 1.82) is 0 Å². The molecule has 3 rings (SSSR count). The first-order valence-electron chi connectivity index (χ1n) is 6.18. The predicted molar refractivity (Wildman–Crippen MR) is 61.1 cm³/mol. The summed E-state index contributed by atoms with van der Waals surface area (Å²) in [4.78, 5) is 14.0. The van der Waals surface area contributed by atoms with Crippen LogP contribution in [-0.2, 0) is 11.3 Å². The molecule has 1 amide bonds. The quantitative estimate of drug-likeness (QED) is 0.750. The van der Waals surface area contributed by atoms with E-state index in [-0.39, 0.29) is 5.91 Å². The summed E-state index contributed by atoms with van der Waals surface area (Å²) in [5, 5.41) is 11.0. The Labute approximate surface area is 100.0 Å². The lowest BCUT2D eigenvalue weighted by atomic mass is 9.94. The first-order chi connectivity index (χ1) is 8.33. The molecule has 2 aliphatic rings. The molecule has 2 atom stereocenters. The zero-order valence-electron chi connectivity index (χ0n) is 9.75. The standard InChI is InChI=1S/C11H17N5O/c17-11(8-16-5-4-13-14-16)15-6-9-2-1-3-12-10(9)7-15/h4-5,9-10,12H,1-3,6-8H2/t9-,10+/m0/s1. The lowest BCUT2D eigenvalue weighted by Gasteiger charge is -2.24. The van der Waals surface area contributed by atoms with Crippen LogP contribution in [0.25, 0.3) is 0 Å². The van der Waals surface area contributed by atoms with Crippen LogP contribution >= 0.6 is 0 Å². The van der Waals surface area contributed by atoms with Crippen LogP contribution in [0.3, 0.4) is 0 Å². The van der Waals surface area contributed by atoms with Crippen LogP contribution in [-0.4, -0.2) is 51.5 Å². The molecule has 0 aliphatic carbocycles. The maximum Gasteiger partial charge on any atom is 0.244 e. The Balaban J connectivity index is 1.60. The normalized spacial score (nSPS) is 28.1. The maximum absolute atomic E-state index is 12.1. The SMILES string of the molecule is O=C(Cn1ccnn1)N1C[C@@H]2CCCN[C@@H]2C1. The Morgan fingerprint density at radius 1 is 1.47 bits per heavy atom. The molecular weight excluding hydrogens is 218 g/mol. The zero-order valence-corrected chi connectivity index (χ0v) is 9.75. The molecule has 92 valence electrons. The van der Waals surface area contributed by atoms with E-state index in [1.807, 2.05) is 4.90 Å². The van der Waals surface area contributed by atoms with Crippen LogP contribution in [0.5, 0.6) is 0 Å². The van der Waals surface area contributed by atoms with E-state index in [4.69, 9.17) is 0 Å². The van der Waals surface area contributed by atoms with Gasteiger partial charge >= 0.3 is 0 Å². The molecule has 0 aromatic carbocycles. The number of piperidine rings is 1. The van der Waals surface area contributed by atoms with Gasteiger partial charge in [-0.1, -0.05) is 5.21 Å². The van der Waals surface area contributed by atoms with Crippen molar-refractivity contribution >= 4 is 5.91 Å². The molecule has 0 radical (unpaired) electrons. The summed E-state index contributed by atoms with van der Waals surface area (Å²) in [5.74, 6) is 0.787. The highest BCUT2D eigenvalue weighted by Crippen LogP contribution is 2.24. The van der Waals surface area contributed by atoms with E-state index in [1.165, 1.54) is 12.8 Å². The molecule has 0 unspecified atom stereocenters. The van der Waals surface area contributed by atoms with Crippen molar-refractivity contribution in [3.63, 3.8) is 0 Å². The smallest absolute Gasteiger partial charge is 0.244 e. The van der Waals surface area contributed by atoms with Gasteiger partial charge in [0.05, 0.1) is 6.20 Å². The number of amides is 1. The van der Waals surface area contributed by atoms with Gasteiger partial charge in [-0.2, -0.15) is 0 Å². The lowest BCUT2D eigenvalue weighted by molar-refractivity contribution is -0.131. The van der Waals surface area contributed by atoms with Gasteiger partial charge in [-0.3, -0.25) is 4.79 Å². The van der Waals surface area contributed by atoms with Crippen LogP contribution in [0.2, 0.25) is 0 Å². The summed E-state index contributed by atoms with van der Waals surface area (Å²) in [6.45, 7) is 3.13. The first kappa shape index (κ1) is 10.7. The van der Waals surface area contributed by atoms with E-state index >= 15 is 0 Å². The Bertz CT molecular complexity index is 377. The third-order valence-electron chi connectivity index (χ3n) is 3.72. The summed E-state index contributed by atoms with van der Waals surface area (Å²) >= 11 is 0. The fraction of sp³-hybridized carbons (Fsp3) is 0.727. The molecule has 0 bridgehead atoms. The summed E-state index contributed by atoms with van der Waals surface area (Å²) in [5.41, 5.74) is 0. The molecule has 3 heterocycles. The minimum absolute atomic E-state index is 0.145. The average molecular weight is 235 g/mol. The topological polar surface area (TPSA) is 63.1 Å². The van der Waals surface area contributed by atoms with Crippen molar-refractivity contribution in [3.8, 4) is 0 Å². The molecule has 6 heteroatoms. The highest BCUT2D eigenvalue weighted by molar-refractivity contribution is 5.76. The van der Waals surface area contributed by atoms with Crippen molar-refractivity contribution < 1.29 is 4.79 Å². The van der Waals surface area contributed by atoms with Gasteiger partial charge in [0.1, 0.15) is 6.54 Å². The number of carbonyl (C=O) groups excluding carboxylic acids is 1. The van der Waals surface area contributed by atoms with Crippen molar-refractivity contribution in [2.45, 2.75) is 25.4 Å². The first-order valence-corrected chi connectivity index (χ1v) is 6.18. The van der Waals surface area contributed by atoms with Crippen LogP contribution in [0, 0.1) is 5.92 Å². The monoisotopic (exact) mass is 235 g/mol. The van der Waals surface area contributed by atoms with Gasteiger partial charge in [0, 0.05) is 25.3 Å². The number of aromatic nitrogens is 3. The molecule has 1 aromatic rings. The molecule has 0 saturated carbocycles. The number of hydrogen-bond donors (Lipinski definition) is 1. The summed E-state index contributed by atoms with van der Waals surface area (Å²) in [6.07, 6.45) is 5.79. The summed E-state index contributed by atoms with van der Waals surface area (Å²) < 4.78 is 1.58. The van der Waals surface area contributed by atoms with Gasteiger partial charge in [-0.25, -0.2) is 4.68 Å². The number of nitrogens with zero attached hydrogens (tertiary/aromatic N) is 4. The van der Waals surface area contributed by atoms with Gasteiger partial charge in [0.15, 0.2) is 0 Å². The fourth-order valence-electron chi connectivity index (χ4n) is 2.81. The van der Waals surface area contributed by atoms with Crippen molar-refractivity contribution in [2.75, 3.05) is 19.6 Å². The summed E-state index contributed by atoms with van der Waals surface area (Å²) in [6, 6.07) is 0.503. The van der Waals surface area contributed by atoms with Crippen LogP contribution in [0.15, 0.2) is 12.4 Å². The number of carbonyl (C=O) groups is 1. The molecule has 2 aliphatic heterocycles. The van der Waals surface area contributed by atoms with E-state index in [0.717, 1.165) is 19.6 Å². The highest BCUT2D eigenvalue weighted by atomic mass is 16.2. The minimum atomic E-state index is 0.145. The Kier molecular flexibility index (Phi) is 2.80. The van der Waals surface area contributed by atoms with Gasteiger partial charge in [0.25, 0.3) is 0 Å². The lowest BCUT2D eigenvalue weighted by Crippen LogP contribution is -2.41. The number of nitrogens with one attached hydrogen (secondary N) is 1. The molecule has 6 nitrogen and oxygen atoms in total. The van der Waals surface area contributed by atoms with Crippen molar-refractivity contribution in [3.05, 3.63) is 12.4 Å². The van der Waals surface area contributed by atoms with Crippen molar-refractivity contribution in [2.24, 2.45) is 5.92 Å². The van der Waals surface area contributed by atoms with Gasteiger partial charge in [-0.15, -0.1) is 5.10 Å². The number of rotatable bonds is 2. The number of fused-ring (bicyclic) bond motifs is 1. The number of likely N-dealkylation sites (tertiary alicyclic amines) is 1. The van der Waals surface area contributed by atoms with E-state index in [2.05, 4.69) is 15.6 Å². The second-order valence-electron chi connectivity index (χ2n) is 4.86. The maximum atomic E-state index is 12.1. The van der Waals surface area contributed by atoms with Gasteiger partial charge < -0.3 is 10.2 Å². The number of hydrogen-bond acceptors (Lipinski definition) is 4. The van der Waals surface area contributed by atoms with Crippen molar-refractivity contribution in [1.82, 2.24) is 25.2 Å². The minimum Gasteiger partial charge on any atom is -0.339 e. The highest BCUT2D eigenvalue weighted by Gasteiger charge is 2.36. The Morgan fingerprint density at radius 3 is 3.18 bits per heavy atom. The largest absolute Gasteiger partial charge is 0.339 e. The molecule has 1 aromatic heterocycles. The predicted octanol–water partition coefficient (Wildman–Crippen LogP) is -0.511. The second kappa shape index (κ2) is 4.44. The molecule has 2 fully saturated rings. The third kappa shape index (κ3) is 2.17. The molecule has 1 N–H and O–H groups in total. The van der Waals surface area contributed by atoms with Gasteiger partial charge in [-0.05, 0) is 25.3 Å². The molecule has 17 heavy (non-hydrogen) atoms. The van der Waals surface area contributed by atoms with E-state index < -0.39 is 0 Å². The fourth-order valence-corrected chi connectivity index (χ4v) is 2.81. The van der Waals surface area contributed by atoms with Crippen LogP contribution in [0.1, 0.15) is 12.8 Å². The Morgan fingerprint density at radius 2 is 2.41 bits per heavy atom. The molecule has 0 spiro atoms. The van der Waals surface area contributed by atoms with E-state index in [1.54, 1.807) is 17.1 Å². The molecular formula is C11H17N5O. The third-order valence-corrected chi connectivity index (χ3v) is 3.72. The van der Waals surface area contributed by atoms with Gasteiger partial charge in [0.2, 0.25) is 5.91 Å². The molecule has 2 saturated heterocycles. The van der Waals surface area contributed by atoms with E-state index in [0.29, 0.717) is 18.5 Å². The second-order valence-corrected chi connectivity index (χ2v) is 4.86. The van der Waals surface area contributed by atoms with Crippen LogP contribution < -0.4 is 5.32 Å². The van der Waals surface area contributed by atoms with E-state index in [9.17, 15) is 4.79 Å². The Hall–Kier alpha value is -1.43. The summed E-state index contributed by atoms with van der Waals surface area (Å²) in [7, 11) is 0. The average Bonchev–Trinajstić information content (AvgIpc) is 2.96. The zero-order chi connectivity index (χ0) is 11.7.